The van der Waals surface area contributed by atoms with Gasteiger partial charge in [-0.15, -0.1) is 26.3 Å². The first-order valence-corrected chi connectivity index (χ1v) is 48.8. The summed E-state index contributed by atoms with van der Waals surface area (Å²) in [5.41, 5.74) is 1.00. The van der Waals surface area contributed by atoms with E-state index in [0.717, 1.165) is 133 Å². The van der Waals surface area contributed by atoms with Crippen LogP contribution in [0.5, 0.6) is 34.9 Å². The maximum atomic E-state index is 14.2. The zero-order valence-electron chi connectivity index (χ0n) is 82.6. The predicted molar refractivity (Wildman–Crippen MR) is 491 cm³/mol. The Morgan fingerprint density at radius 3 is 1.26 bits per heavy atom. The number of aromatic hydroxyl groups is 1. The summed E-state index contributed by atoms with van der Waals surface area (Å²) in [6.45, 7) is 23.0. The molecule has 3 aromatic heterocycles. The molecule has 6 aromatic rings. The van der Waals surface area contributed by atoms with E-state index in [9.17, 15) is 87.8 Å². The third-order valence-corrected chi connectivity index (χ3v) is 29.5. The topological polar surface area (TPSA) is 359 Å². The number of amides is 5. The Labute approximate surface area is 857 Å². The average Bonchev–Trinajstić information content (AvgIpc) is 1.60. The van der Waals surface area contributed by atoms with Gasteiger partial charge in [-0.05, 0) is 204 Å². The molecule has 29 nitrogen and oxygen atoms in total. The number of nitrogens with one attached hydrogen (secondary N) is 2. The summed E-state index contributed by atoms with van der Waals surface area (Å²) < 4.78 is 152. The summed E-state index contributed by atoms with van der Waals surface area (Å²) in [7, 11) is 0. The molecule has 3 radical (unpaired) electrons. The van der Waals surface area contributed by atoms with Crippen LogP contribution in [0, 0.1) is 69.5 Å². The van der Waals surface area contributed by atoms with Crippen molar-refractivity contribution in [1.29, 1.82) is 0 Å². The minimum atomic E-state index is -4.87. The quantitative estimate of drug-likeness (QED) is 0.0551. The average molecular weight is 2110 g/mol. The number of halogens is 9. The number of phenolic OH excluding ortho intramolecular Hbond substituents is 1. The Balaban J connectivity index is 0.000000213. The van der Waals surface area contributed by atoms with Gasteiger partial charge in [0.25, 0.3) is 0 Å². The number of hydrogen-bond donors (Lipinski definition) is 3. The first-order chi connectivity index (χ1) is 65.5. The van der Waals surface area contributed by atoms with E-state index in [1.54, 1.807) is 23.1 Å². The molecule has 142 heavy (non-hydrogen) atoms. The SMILES string of the molecule is CC[C@@H]1[C@@H]2CN(C(=O)[C@H](C(C)(C)C)CC(=O)O[C@]3(C)C[C@H]3CCCCCc3nc4ccc(O)cc4nc3O2)[C@@H]1[C-]=O.CC[C@@H]1[C@@H]2CN(C(=O)[C@H](C(C)(C)C)NC(=O)O[C@@H]3CC4CC4[C@H]3CCCCCc3nc4ccc(OC(F)(F)F)cc4nc3O2)[C@@H]1[C-]=O.CC[C@@H]1[C@@H]2CN(C(=O)[C@H](C(C)(C)C)NC(=O)O[C@]3(C)CCC[C@H]3CCCCCc3nc4ccc(OC(F)(F)F)cc4nc3O2)[C@@H]1[C-]=O.FC(F)F.[V].[V].[V]. The number of alkyl halides is 9. The van der Waals surface area contributed by atoms with Crippen LogP contribution >= 0.6 is 0 Å². The van der Waals surface area contributed by atoms with Gasteiger partial charge in [-0.25, -0.2) is 58.4 Å². The minimum Gasteiger partial charge on any atom is -0.540 e. The van der Waals surface area contributed by atoms with Gasteiger partial charge in [0.15, 0.2) is 0 Å². The van der Waals surface area contributed by atoms with Gasteiger partial charge >= 0.3 is 37.6 Å². The number of phenols is 1. The van der Waals surface area contributed by atoms with Crippen LogP contribution in [0.25, 0.3) is 33.1 Å². The molecule has 3 aromatic carbocycles. The number of carbonyl (C=O) groups is 6. The molecule has 3 N–H and O–H groups in total. The van der Waals surface area contributed by atoms with Gasteiger partial charge < -0.3 is 82.7 Å². The first kappa shape index (κ1) is 115. The zero-order valence-corrected chi connectivity index (χ0v) is 86.8. The fourth-order valence-electron chi connectivity index (χ4n) is 21.8. The van der Waals surface area contributed by atoms with Crippen LogP contribution in [-0.4, -0.2) is 209 Å². The molecular formula is C101H129F9N11O18V3-3. The number of carbonyl (C=O) groups excluding carboxylic acids is 9. The molecule has 4 saturated carbocycles. The molecule has 2 unspecified atom stereocenters. The number of ether oxygens (including phenoxy) is 8. The van der Waals surface area contributed by atoms with E-state index in [2.05, 4.69) is 36.4 Å². The van der Waals surface area contributed by atoms with Crippen molar-refractivity contribution in [3.63, 3.8) is 0 Å². The Hall–Kier alpha value is -8.97. The third kappa shape index (κ3) is 28.3. The summed E-state index contributed by atoms with van der Waals surface area (Å²) in [6, 6.07) is 7.78. The van der Waals surface area contributed by atoms with Gasteiger partial charge in [0.05, 0.1) is 65.1 Å². The van der Waals surface area contributed by atoms with E-state index in [1.807, 2.05) is 110 Å². The Morgan fingerprint density at radius 1 is 0.458 bits per heavy atom. The maximum absolute atomic E-state index is 14.2. The largest absolute Gasteiger partial charge is 0.573 e. The molecule has 20 atom stereocenters. The van der Waals surface area contributed by atoms with Crippen LogP contribution in [0.3, 0.4) is 0 Å². The molecule has 10 aliphatic rings. The third-order valence-electron chi connectivity index (χ3n) is 29.5. The number of rotatable bonds is 8. The van der Waals surface area contributed by atoms with Crippen molar-refractivity contribution < 1.29 is 181 Å². The van der Waals surface area contributed by atoms with Crippen LogP contribution in [0.1, 0.15) is 255 Å². The minimum absolute atomic E-state index is 0. The number of fused-ring (bicyclic) bond motifs is 17. The fourth-order valence-corrected chi connectivity index (χ4v) is 21.8. The Kier molecular flexibility index (Phi) is 38.6. The van der Waals surface area contributed by atoms with Crippen LogP contribution in [0.4, 0.5) is 49.1 Å². The fraction of sp³-hybridized carbons (Fsp3) is 0.673. The van der Waals surface area contributed by atoms with Crippen molar-refractivity contribution in [3.05, 3.63) is 71.7 Å². The molecule has 3 saturated heterocycles. The van der Waals surface area contributed by atoms with Crippen molar-refractivity contribution in [2.45, 2.75) is 343 Å². The maximum Gasteiger partial charge on any atom is 0.573 e. The standard InChI is InChI=1S/C34H42F3N4O6.C34H44F3N4O6.C32H42N3O6.CHF3.3V/c1-5-20-26(17-42)41-16-28(20)45-30-24(38-23-12-11-19(15-25(23)39-30)47-34(35,36)37)10-8-6-7-9-21-22-13-18(22)14-27(21)46-32(44)40-29(31(41)43)33(2,3)4;1-6-22-26(19-42)41-18-27(22)45-29-24(38-23-15-14-21(17-25(23)39-29)46-34(35,36)37)13-9-7-8-11-20-12-10-16-33(20,5)47-31(44)40-28(30(41)43)32(2,3)4;1-6-21-26(18-36)35-17-27(21)40-29-24(33-23-13-12-20(37)14-25(23)34-29)11-9-7-8-10-19-16-32(19,5)41-28(38)15-22(30(35)39)31(2,3)4;2-1(3)4;;;/h11-12,15,18,20-22,26-29H,5-10,13-14,16H2,1-4H3,(H,40,44);14-15,17,20,22,26-28H,6-13,16,18H2,1-5H3,(H,40,44);12-14,19,21-22,26-27,37H,6-11,15-17H2,1-5H3;1H;;;/q3*-1;;;;/t18?,20-,21+,22?,26+,27+,28-,29+;20-,22+,26-,27+,28-,33-;19-,21+,22-,26-,27+,32-;;;;/m011..../s1. The number of aryl methyl sites for hydroxylation is 3. The van der Waals surface area contributed by atoms with Gasteiger partial charge in [0.1, 0.15) is 82.0 Å². The smallest absolute Gasteiger partial charge is 0.540 e. The number of nitrogens with zero attached hydrogens (tertiary/aromatic N) is 9. The molecule has 16 rings (SSSR count). The number of esters is 1. The van der Waals surface area contributed by atoms with Gasteiger partial charge in [-0.2, -0.15) is 13.2 Å². The molecule has 9 heterocycles. The molecule has 41 heteroatoms. The van der Waals surface area contributed by atoms with Crippen molar-refractivity contribution in [2.75, 3.05) is 19.6 Å². The zero-order chi connectivity index (χ0) is 101. The van der Waals surface area contributed by atoms with Gasteiger partial charge in [-0.1, -0.05) is 159 Å². The van der Waals surface area contributed by atoms with Crippen LogP contribution in [-0.2, 0) is 123 Å². The van der Waals surface area contributed by atoms with E-state index >= 15 is 0 Å². The molecule has 0 spiro atoms. The molecule has 777 valence electrons. The van der Waals surface area contributed by atoms with Gasteiger partial charge in [0.2, 0.25) is 35.4 Å². The summed E-state index contributed by atoms with van der Waals surface area (Å²) in [6.07, 6.45) is 12.4. The first-order valence-electron chi connectivity index (χ1n) is 48.8. The molecule has 6 bridgehead atoms. The second-order valence-corrected chi connectivity index (χ2v) is 42.4. The monoisotopic (exact) mass is 2110 g/mol. The van der Waals surface area contributed by atoms with Crippen LogP contribution < -0.4 is 34.3 Å². The van der Waals surface area contributed by atoms with Crippen molar-refractivity contribution in [2.24, 2.45) is 69.5 Å². The molecule has 4 aliphatic carbocycles. The number of hydrogen-bond acceptors (Lipinski definition) is 24. The molecule has 7 fully saturated rings. The Morgan fingerprint density at radius 2 is 0.852 bits per heavy atom. The second-order valence-electron chi connectivity index (χ2n) is 42.4. The summed E-state index contributed by atoms with van der Waals surface area (Å²) in [5.74, 6) is -1.66. The normalized spacial score (nSPS) is 29.6. The van der Waals surface area contributed by atoms with E-state index in [4.69, 9.17) is 48.4 Å². The van der Waals surface area contributed by atoms with E-state index < -0.39 is 149 Å². The summed E-state index contributed by atoms with van der Waals surface area (Å²) in [4.78, 5) is 152. The van der Waals surface area contributed by atoms with E-state index in [1.165, 1.54) is 34.1 Å². The molecule has 5 amide bonds. The molecule has 6 aliphatic heterocycles. The van der Waals surface area contributed by atoms with Crippen molar-refractivity contribution in [1.82, 2.24) is 55.2 Å². The van der Waals surface area contributed by atoms with Crippen LogP contribution in [0.15, 0.2) is 54.6 Å². The van der Waals surface area contributed by atoms with Gasteiger partial charge in [-0.3, -0.25) is 19.2 Å². The number of aromatic nitrogens is 6. The van der Waals surface area contributed by atoms with Crippen LogP contribution in [0.2, 0.25) is 0 Å². The van der Waals surface area contributed by atoms with E-state index in [-0.39, 0.29) is 146 Å². The van der Waals surface area contributed by atoms with Crippen molar-refractivity contribution >= 4 is 87.8 Å². The van der Waals surface area contributed by atoms with E-state index in [0.29, 0.717) is 95.6 Å². The summed E-state index contributed by atoms with van der Waals surface area (Å²) >= 11 is 0. The molecular weight excluding hydrogens is 1980 g/mol. The van der Waals surface area contributed by atoms with Crippen molar-refractivity contribution in [3.8, 4) is 34.9 Å². The number of benzene rings is 3. The second kappa shape index (κ2) is 47.7. The Bertz CT molecular complexity index is 5310. The summed E-state index contributed by atoms with van der Waals surface area (Å²) in [5, 5.41) is 15.7. The van der Waals surface area contributed by atoms with Gasteiger partial charge in [0, 0.05) is 79.8 Å². The predicted octanol–water partition coefficient (Wildman–Crippen LogP) is 18.4. The number of alkyl carbamates (subject to hydrolysis) is 2.